The minimum Gasteiger partial charge on any atom is -0.344 e. The summed E-state index contributed by atoms with van der Waals surface area (Å²) in [5.74, 6) is -1.04. The van der Waals surface area contributed by atoms with Crippen LogP contribution in [-0.4, -0.2) is 38.9 Å². The molecule has 4 aromatic rings. The van der Waals surface area contributed by atoms with Crippen molar-refractivity contribution in [3.05, 3.63) is 71.6 Å². The van der Waals surface area contributed by atoms with Crippen LogP contribution < -0.4 is 10.6 Å². The number of imidazole rings is 2. The first kappa shape index (κ1) is 21.9. The maximum absolute atomic E-state index is 13.5. The van der Waals surface area contributed by atoms with Crippen molar-refractivity contribution in [1.29, 1.82) is 0 Å². The summed E-state index contributed by atoms with van der Waals surface area (Å²) in [5, 5.41) is 6.39. The fourth-order valence-corrected chi connectivity index (χ4v) is 5.80. The molecule has 6 nitrogen and oxygen atoms in total. The second kappa shape index (κ2) is 8.35. The minimum atomic E-state index is -2.68. The summed E-state index contributed by atoms with van der Waals surface area (Å²) in [5.41, 5.74) is 9.05. The maximum Gasteiger partial charge on any atom is 0.262 e. The fraction of sp³-hybridized carbons (Fsp3) is 0.357. The summed E-state index contributed by atoms with van der Waals surface area (Å²) in [4.78, 5) is 16.1. The molecule has 4 N–H and O–H groups in total. The van der Waals surface area contributed by atoms with E-state index < -0.39 is 12.0 Å². The molecular formula is C28H28F2N6. The molecule has 2 atom stereocenters. The molecule has 2 aromatic carbocycles. The molecule has 3 aliphatic rings. The summed E-state index contributed by atoms with van der Waals surface area (Å²) < 4.78 is 27.1. The number of fused-ring (bicyclic) bond motifs is 3. The van der Waals surface area contributed by atoms with Gasteiger partial charge in [0.25, 0.3) is 5.92 Å². The number of nitrogens with one attached hydrogen (secondary N) is 4. The lowest BCUT2D eigenvalue weighted by atomic mass is 9.89. The largest absolute Gasteiger partial charge is 0.344 e. The Morgan fingerprint density at radius 2 is 1.69 bits per heavy atom. The molecule has 0 radical (unpaired) electrons. The average Bonchev–Trinajstić information content (AvgIpc) is 3.69. The Morgan fingerprint density at radius 3 is 2.47 bits per heavy atom. The minimum absolute atomic E-state index is 0.226. The molecule has 184 valence electrons. The van der Waals surface area contributed by atoms with Crippen LogP contribution in [0.5, 0.6) is 0 Å². The number of H-pyrrole nitrogens is 2. The van der Waals surface area contributed by atoms with Gasteiger partial charge in [0.15, 0.2) is 0 Å². The van der Waals surface area contributed by atoms with Crippen LogP contribution in [0.1, 0.15) is 54.3 Å². The SMILES string of the molecule is FC1(F)CN[C@H](c2ncc(-c3ccc(-c4ccc5c(c4)CCc4[nH]c(C6CCCN6)nc4-5)cc3)[nH]2)C1. The van der Waals surface area contributed by atoms with Crippen LogP contribution >= 0.6 is 0 Å². The van der Waals surface area contributed by atoms with Crippen molar-refractivity contribution in [3.63, 3.8) is 0 Å². The van der Waals surface area contributed by atoms with Gasteiger partial charge in [-0.15, -0.1) is 0 Å². The zero-order valence-electron chi connectivity index (χ0n) is 19.9. The van der Waals surface area contributed by atoms with Crippen molar-refractivity contribution in [2.24, 2.45) is 0 Å². The van der Waals surface area contributed by atoms with Gasteiger partial charge >= 0.3 is 0 Å². The number of aromatic nitrogens is 4. The molecule has 7 rings (SSSR count). The fourth-order valence-electron chi connectivity index (χ4n) is 5.80. The third kappa shape index (κ3) is 3.85. The van der Waals surface area contributed by atoms with E-state index in [2.05, 4.69) is 68.1 Å². The average molecular weight is 487 g/mol. The van der Waals surface area contributed by atoms with Crippen LogP contribution in [0.4, 0.5) is 8.78 Å². The van der Waals surface area contributed by atoms with Crippen molar-refractivity contribution < 1.29 is 8.78 Å². The highest BCUT2D eigenvalue weighted by molar-refractivity contribution is 5.76. The van der Waals surface area contributed by atoms with E-state index in [4.69, 9.17) is 4.98 Å². The van der Waals surface area contributed by atoms with Crippen molar-refractivity contribution in [1.82, 2.24) is 30.6 Å². The number of aromatic amines is 2. The number of rotatable bonds is 4. The number of hydrogen-bond donors (Lipinski definition) is 4. The van der Waals surface area contributed by atoms with Gasteiger partial charge in [0, 0.05) is 17.7 Å². The van der Waals surface area contributed by atoms with Gasteiger partial charge in [0.05, 0.1) is 36.2 Å². The smallest absolute Gasteiger partial charge is 0.262 e. The van der Waals surface area contributed by atoms with Gasteiger partial charge in [-0.2, -0.15) is 0 Å². The Morgan fingerprint density at radius 1 is 0.861 bits per heavy atom. The van der Waals surface area contributed by atoms with E-state index in [1.807, 2.05) is 0 Å². The lowest BCUT2D eigenvalue weighted by Gasteiger charge is -2.16. The standard InChI is InChI=1S/C28H28F2N6/c29-28(30)13-23(33-15-28)26-32-14-24(35-26)17-5-3-16(4-6-17)18-7-9-20-19(12-18)8-10-21-25(20)36-27(34-21)22-2-1-11-31-22/h3-7,9,12,14,22-23,31,33H,1-2,8,10-11,13,15H2,(H,32,35)(H,34,36)/t22?,23-/m0/s1. The highest BCUT2D eigenvalue weighted by Crippen LogP contribution is 2.37. The highest BCUT2D eigenvalue weighted by atomic mass is 19.3. The van der Waals surface area contributed by atoms with Gasteiger partial charge in [0.1, 0.15) is 11.6 Å². The van der Waals surface area contributed by atoms with E-state index in [0.717, 1.165) is 54.1 Å². The number of halogens is 2. The second-order valence-corrected chi connectivity index (χ2v) is 10.2. The van der Waals surface area contributed by atoms with E-state index in [9.17, 15) is 8.78 Å². The molecule has 0 bridgehead atoms. The molecule has 0 amide bonds. The maximum atomic E-state index is 13.5. The second-order valence-electron chi connectivity index (χ2n) is 10.2. The molecule has 8 heteroatoms. The summed E-state index contributed by atoms with van der Waals surface area (Å²) >= 11 is 0. The Kier molecular flexibility index (Phi) is 5.08. The molecule has 36 heavy (non-hydrogen) atoms. The molecule has 0 spiro atoms. The Bertz CT molecular complexity index is 1410. The molecule has 2 saturated heterocycles. The molecular weight excluding hydrogens is 458 g/mol. The summed E-state index contributed by atoms with van der Waals surface area (Å²) in [7, 11) is 0. The Balaban J connectivity index is 1.11. The number of alkyl halides is 2. The van der Waals surface area contributed by atoms with Gasteiger partial charge in [-0.3, -0.25) is 0 Å². The molecule has 0 saturated carbocycles. The van der Waals surface area contributed by atoms with Gasteiger partial charge in [-0.1, -0.05) is 42.5 Å². The van der Waals surface area contributed by atoms with E-state index in [1.165, 1.54) is 28.8 Å². The molecule has 2 aromatic heterocycles. The first-order chi connectivity index (χ1) is 17.5. The Hall–Kier alpha value is -3.36. The number of benzene rings is 2. The van der Waals surface area contributed by atoms with Gasteiger partial charge in [-0.05, 0) is 54.5 Å². The normalized spacial score (nSPS) is 22.5. The van der Waals surface area contributed by atoms with Crippen LogP contribution in [0, 0.1) is 0 Å². The van der Waals surface area contributed by atoms with Crippen LogP contribution in [0.25, 0.3) is 33.6 Å². The van der Waals surface area contributed by atoms with Crippen molar-refractivity contribution in [2.75, 3.05) is 13.1 Å². The van der Waals surface area contributed by atoms with Gasteiger partial charge < -0.3 is 20.6 Å². The van der Waals surface area contributed by atoms with Crippen LogP contribution in [-0.2, 0) is 12.8 Å². The predicted octanol–water partition coefficient (Wildman–Crippen LogP) is 5.33. The lowest BCUT2D eigenvalue weighted by Crippen LogP contribution is -2.19. The van der Waals surface area contributed by atoms with E-state index in [-0.39, 0.29) is 13.0 Å². The number of nitrogens with zero attached hydrogens (tertiary/aromatic N) is 2. The molecule has 1 unspecified atom stereocenters. The topological polar surface area (TPSA) is 81.4 Å². The first-order valence-electron chi connectivity index (χ1n) is 12.7. The number of hydrogen-bond acceptors (Lipinski definition) is 4. The Labute approximate surface area is 208 Å². The van der Waals surface area contributed by atoms with Crippen molar-refractivity contribution in [3.8, 4) is 33.6 Å². The number of aryl methyl sites for hydroxylation is 2. The molecule has 2 fully saturated rings. The lowest BCUT2D eigenvalue weighted by molar-refractivity contribution is 0.0208. The summed E-state index contributed by atoms with van der Waals surface area (Å²) in [6.07, 6.45) is 5.82. The predicted molar refractivity (Wildman–Crippen MR) is 135 cm³/mol. The van der Waals surface area contributed by atoms with E-state index in [1.54, 1.807) is 6.20 Å². The third-order valence-corrected chi connectivity index (χ3v) is 7.76. The van der Waals surface area contributed by atoms with Crippen LogP contribution in [0.2, 0.25) is 0 Å². The zero-order valence-corrected chi connectivity index (χ0v) is 19.9. The molecule has 4 heterocycles. The van der Waals surface area contributed by atoms with Crippen molar-refractivity contribution in [2.45, 2.75) is 50.1 Å². The summed E-state index contributed by atoms with van der Waals surface area (Å²) in [6.45, 7) is 0.760. The van der Waals surface area contributed by atoms with Gasteiger partial charge in [0.2, 0.25) is 0 Å². The molecule has 1 aliphatic carbocycles. The van der Waals surface area contributed by atoms with Crippen LogP contribution in [0.15, 0.2) is 48.7 Å². The van der Waals surface area contributed by atoms with Crippen molar-refractivity contribution >= 4 is 0 Å². The summed E-state index contributed by atoms with van der Waals surface area (Å²) in [6, 6.07) is 14.9. The van der Waals surface area contributed by atoms with E-state index in [0.29, 0.717) is 11.9 Å². The van der Waals surface area contributed by atoms with Gasteiger partial charge in [-0.25, -0.2) is 18.7 Å². The van der Waals surface area contributed by atoms with E-state index >= 15 is 0 Å². The third-order valence-electron chi connectivity index (χ3n) is 7.76. The monoisotopic (exact) mass is 486 g/mol. The van der Waals surface area contributed by atoms with Crippen LogP contribution in [0.3, 0.4) is 0 Å². The quantitative estimate of drug-likeness (QED) is 0.315. The zero-order chi connectivity index (χ0) is 24.3. The highest BCUT2D eigenvalue weighted by Gasteiger charge is 2.41. The molecule has 2 aliphatic heterocycles. The first-order valence-corrected chi connectivity index (χ1v) is 12.7.